The topological polar surface area (TPSA) is 32.3 Å². The molecular weight excluding hydrogens is 126 g/mol. The van der Waals surface area contributed by atoms with E-state index in [4.69, 9.17) is 5.11 Å². The van der Waals surface area contributed by atoms with Gasteiger partial charge in [0, 0.05) is 19.2 Å². The molecule has 1 rings (SSSR count). The van der Waals surface area contributed by atoms with E-state index in [0.29, 0.717) is 24.5 Å². The lowest BCUT2D eigenvalue weighted by atomic mass is 9.87. The highest BCUT2D eigenvalue weighted by Gasteiger charge is 2.22. The van der Waals surface area contributed by atoms with Crippen LogP contribution < -0.4 is 5.32 Å². The summed E-state index contributed by atoms with van der Waals surface area (Å²) in [6, 6.07) is 0.628. The van der Waals surface area contributed by atoms with Crippen LogP contribution in [0.4, 0.5) is 0 Å². The van der Waals surface area contributed by atoms with Crippen LogP contribution in [0, 0.1) is 11.8 Å². The Balaban J connectivity index is 2.33. The molecule has 2 nitrogen and oxygen atoms in total. The monoisotopic (exact) mass is 143 g/mol. The first kappa shape index (κ1) is 8.02. The molecule has 0 aromatic carbocycles. The number of aliphatic hydroxyl groups is 1. The van der Waals surface area contributed by atoms with E-state index < -0.39 is 0 Å². The third-order valence-electron chi connectivity index (χ3n) is 2.55. The first-order chi connectivity index (χ1) is 4.74. The minimum absolute atomic E-state index is 0.337. The summed E-state index contributed by atoms with van der Waals surface area (Å²) < 4.78 is 0. The van der Waals surface area contributed by atoms with Gasteiger partial charge in [0.2, 0.25) is 0 Å². The van der Waals surface area contributed by atoms with E-state index in [2.05, 4.69) is 19.2 Å². The molecular formula is C8H17NO. The van der Waals surface area contributed by atoms with E-state index in [0.717, 1.165) is 6.54 Å². The number of hydrogen-bond donors (Lipinski definition) is 2. The van der Waals surface area contributed by atoms with Gasteiger partial charge in [0.15, 0.2) is 0 Å². The third-order valence-corrected chi connectivity index (χ3v) is 2.55. The van der Waals surface area contributed by atoms with Crippen LogP contribution in [0.5, 0.6) is 0 Å². The maximum Gasteiger partial charge on any atom is 0.0471 e. The van der Waals surface area contributed by atoms with Crippen molar-refractivity contribution < 1.29 is 5.11 Å². The Hall–Kier alpha value is -0.0800. The van der Waals surface area contributed by atoms with Gasteiger partial charge in [0.25, 0.3) is 0 Å². The summed E-state index contributed by atoms with van der Waals surface area (Å²) in [6.45, 7) is 5.77. The highest BCUT2D eigenvalue weighted by molar-refractivity contribution is 4.79. The van der Waals surface area contributed by atoms with Crippen molar-refractivity contribution in [1.82, 2.24) is 5.32 Å². The average molecular weight is 143 g/mol. The molecule has 0 saturated carbocycles. The molecule has 1 aliphatic heterocycles. The highest BCUT2D eigenvalue weighted by atomic mass is 16.3. The van der Waals surface area contributed by atoms with Crippen molar-refractivity contribution in [1.29, 1.82) is 0 Å². The van der Waals surface area contributed by atoms with Crippen molar-refractivity contribution in [3.63, 3.8) is 0 Å². The number of piperidine rings is 1. The lowest BCUT2D eigenvalue weighted by Crippen LogP contribution is -2.43. The van der Waals surface area contributed by atoms with Gasteiger partial charge in [-0.1, -0.05) is 6.92 Å². The molecule has 1 aliphatic rings. The predicted molar refractivity (Wildman–Crippen MR) is 41.8 cm³/mol. The largest absolute Gasteiger partial charge is 0.396 e. The minimum Gasteiger partial charge on any atom is -0.396 e. The standard InChI is InChI=1S/C8H17NO/c1-6-3-8(5-10)4-9-7(6)2/h6-10H,3-5H2,1-2H3. The van der Waals surface area contributed by atoms with Gasteiger partial charge in [-0.3, -0.25) is 0 Å². The summed E-state index contributed by atoms with van der Waals surface area (Å²) in [5.41, 5.74) is 0. The predicted octanol–water partition coefficient (Wildman–Crippen LogP) is 0.613. The van der Waals surface area contributed by atoms with Gasteiger partial charge in [-0.15, -0.1) is 0 Å². The van der Waals surface area contributed by atoms with Gasteiger partial charge in [0.1, 0.15) is 0 Å². The lowest BCUT2D eigenvalue weighted by molar-refractivity contribution is 0.156. The fraction of sp³-hybridized carbons (Fsp3) is 1.00. The van der Waals surface area contributed by atoms with Gasteiger partial charge in [-0.05, 0) is 25.2 Å². The molecule has 0 amide bonds. The summed E-state index contributed by atoms with van der Waals surface area (Å²) >= 11 is 0. The number of hydrogen-bond acceptors (Lipinski definition) is 2. The van der Waals surface area contributed by atoms with Crippen LogP contribution in [-0.2, 0) is 0 Å². The molecule has 0 aromatic rings. The molecule has 1 heterocycles. The second kappa shape index (κ2) is 3.35. The van der Waals surface area contributed by atoms with Gasteiger partial charge >= 0.3 is 0 Å². The van der Waals surface area contributed by atoms with Crippen molar-refractivity contribution in [3.05, 3.63) is 0 Å². The molecule has 1 saturated heterocycles. The average Bonchev–Trinajstić information content (AvgIpc) is 1.95. The lowest BCUT2D eigenvalue weighted by Gasteiger charge is -2.32. The van der Waals surface area contributed by atoms with E-state index in [1.807, 2.05) is 0 Å². The van der Waals surface area contributed by atoms with E-state index in [-0.39, 0.29) is 0 Å². The molecule has 2 N–H and O–H groups in total. The maximum atomic E-state index is 8.86. The molecule has 2 heteroatoms. The zero-order valence-electron chi connectivity index (χ0n) is 6.80. The molecule has 10 heavy (non-hydrogen) atoms. The minimum atomic E-state index is 0.337. The first-order valence-electron chi connectivity index (χ1n) is 4.08. The summed E-state index contributed by atoms with van der Waals surface area (Å²) in [4.78, 5) is 0. The zero-order valence-corrected chi connectivity index (χ0v) is 6.80. The number of rotatable bonds is 1. The summed E-state index contributed by atoms with van der Waals surface area (Å²) in [6.07, 6.45) is 1.17. The Labute approximate surface area is 62.6 Å². The Morgan fingerprint density at radius 2 is 2.20 bits per heavy atom. The van der Waals surface area contributed by atoms with E-state index in [1.165, 1.54) is 6.42 Å². The van der Waals surface area contributed by atoms with Crippen LogP contribution in [0.3, 0.4) is 0 Å². The van der Waals surface area contributed by atoms with Crippen molar-refractivity contribution in [2.24, 2.45) is 11.8 Å². The number of aliphatic hydroxyl groups excluding tert-OH is 1. The Morgan fingerprint density at radius 3 is 2.70 bits per heavy atom. The molecule has 0 spiro atoms. The molecule has 60 valence electrons. The van der Waals surface area contributed by atoms with Crippen LogP contribution >= 0.6 is 0 Å². The van der Waals surface area contributed by atoms with Crippen LogP contribution in [0.25, 0.3) is 0 Å². The van der Waals surface area contributed by atoms with Gasteiger partial charge in [-0.2, -0.15) is 0 Å². The molecule has 3 unspecified atom stereocenters. The summed E-state index contributed by atoms with van der Waals surface area (Å²) in [5.74, 6) is 1.21. The van der Waals surface area contributed by atoms with Crippen molar-refractivity contribution in [2.75, 3.05) is 13.2 Å². The second-order valence-corrected chi connectivity index (χ2v) is 3.46. The summed E-state index contributed by atoms with van der Waals surface area (Å²) in [7, 11) is 0. The summed E-state index contributed by atoms with van der Waals surface area (Å²) in [5, 5.41) is 12.2. The quantitative estimate of drug-likeness (QED) is 0.564. The molecule has 0 aromatic heterocycles. The first-order valence-corrected chi connectivity index (χ1v) is 4.08. The Morgan fingerprint density at radius 1 is 1.50 bits per heavy atom. The molecule has 0 bridgehead atoms. The SMILES string of the molecule is CC1CC(CO)CNC1C. The van der Waals surface area contributed by atoms with Crippen molar-refractivity contribution in [2.45, 2.75) is 26.3 Å². The molecule has 1 fully saturated rings. The van der Waals surface area contributed by atoms with Crippen LogP contribution in [0.15, 0.2) is 0 Å². The normalized spacial score (nSPS) is 41.7. The van der Waals surface area contributed by atoms with E-state index >= 15 is 0 Å². The fourth-order valence-electron chi connectivity index (χ4n) is 1.51. The van der Waals surface area contributed by atoms with Gasteiger partial charge in [0.05, 0.1) is 0 Å². The van der Waals surface area contributed by atoms with E-state index in [9.17, 15) is 0 Å². The smallest absolute Gasteiger partial charge is 0.0471 e. The van der Waals surface area contributed by atoms with E-state index in [1.54, 1.807) is 0 Å². The zero-order chi connectivity index (χ0) is 7.56. The third kappa shape index (κ3) is 1.70. The molecule has 0 aliphatic carbocycles. The van der Waals surface area contributed by atoms with Crippen LogP contribution in [0.1, 0.15) is 20.3 Å². The van der Waals surface area contributed by atoms with Crippen LogP contribution in [0.2, 0.25) is 0 Å². The Kier molecular flexibility index (Phi) is 2.69. The maximum absolute atomic E-state index is 8.86. The molecule has 3 atom stereocenters. The van der Waals surface area contributed by atoms with Gasteiger partial charge in [-0.25, -0.2) is 0 Å². The van der Waals surface area contributed by atoms with Crippen LogP contribution in [-0.4, -0.2) is 24.3 Å². The Bertz CT molecular complexity index is 105. The highest BCUT2D eigenvalue weighted by Crippen LogP contribution is 2.19. The molecule has 0 radical (unpaired) electrons. The van der Waals surface area contributed by atoms with Crippen molar-refractivity contribution >= 4 is 0 Å². The number of nitrogens with one attached hydrogen (secondary N) is 1. The fourth-order valence-corrected chi connectivity index (χ4v) is 1.51. The van der Waals surface area contributed by atoms with Gasteiger partial charge < -0.3 is 10.4 Å². The second-order valence-electron chi connectivity index (χ2n) is 3.46. The van der Waals surface area contributed by atoms with Crippen molar-refractivity contribution in [3.8, 4) is 0 Å².